The van der Waals surface area contributed by atoms with Crippen molar-refractivity contribution in [1.29, 1.82) is 0 Å². The number of hydrogen-bond acceptors (Lipinski definition) is 4. The second-order valence-electron chi connectivity index (χ2n) is 9.89. The number of nitrogens with zero attached hydrogens (tertiary/aromatic N) is 5. The Morgan fingerprint density at radius 2 is 1.85 bits per heavy atom. The second-order valence-corrected chi connectivity index (χ2v) is 9.89. The Bertz CT molecular complexity index is 1310. The number of aryl methyl sites for hydroxylation is 3. The van der Waals surface area contributed by atoms with Crippen molar-refractivity contribution in [2.75, 3.05) is 0 Å². The van der Waals surface area contributed by atoms with Gasteiger partial charge in [-0.3, -0.25) is 9.67 Å². The zero-order valence-corrected chi connectivity index (χ0v) is 19.7. The number of fused-ring (bicyclic) bond motifs is 1. The SMILES string of the molecule is BC(B)(C1CCC(F)(F)CC1)n1cc(-c2cnn(C)c2)c2ncc(-c3c(C)noc3C)cc21. The van der Waals surface area contributed by atoms with Crippen LogP contribution in [0.3, 0.4) is 0 Å². The average molecular weight is 449 g/mol. The summed E-state index contributed by atoms with van der Waals surface area (Å²) in [5.41, 5.74) is 6.48. The topological polar surface area (TPSA) is 61.7 Å². The van der Waals surface area contributed by atoms with E-state index >= 15 is 0 Å². The van der Waals surface area contributed by atoms with Gasteiger partial charge in [-0.2, -0.15) is 5.10 Å². The highest BCUT2D eigenvalue weighted by atomic mass is 19.3. The first-order chi connectivity index (χ1) is 15.6. The lowest BCUT2D eigenvalue weighted by Crippen LogP contribution is -2.45. The minimum atomic E-state index is -2.55. The molecule has 33 heavy (non-hydrogen) atoms. The summed E-state index contributed by atoms with van der Waals surface area (Å²) < 4.78 is 37.2. The predicted octanol–water partition coefficient (Wildman–Crippen LogP) is 3.41. The van der Waals surface area contributed by atoms with Crippen molar-refractivity contribution in [1.82, 2.24) is 24.5 Å². The lowest BCUT2D eigenvalue weighted by atomic mass is 9.52. The number of rotatable bonds is 4. The van der Waals surface area contributed by atoms with Crippen LogP contribution in [0.15, 0.2) is 35.4 Å². The van der Waals surface area contributed by atoms with E-state index in [1.807, 2.05) is 39.5 Å². The van der Waals surface area contributed by atoms with Gasteiger partial charge in [-0.05, 0) is 44.0 Å². The molecule has 0 amide bonds. The van der Waals surface area contributed by atoms with Gasteiger partial charge in [0.25, 0.3) is 0 Å². The van der Waals surface area contributed by atoms with Gasteiger partial charge in [0.05, 0.1) is 22.9 Å². The van der Waals surface area contributed by atoms with Crippen LogP contribution in [0.1, 0.15) is 37.1 Å². The van der Waals surface area contributed by atoms with E-state index in [0.717, 1.165) is 44.7 Å². The Hall–Kier alpha value is -2.90. The third-order valence-electron chi connectivity index (χ3n) is 7.32. The largest absolute Gasteiger partial charge is 0.361 e. The molecule has 0 aromatic carbocycles. The van der Waals surface area contributed by atoms with Gasteiger partial charge in [-0.1, -0.05) is 5.16 Å². The van der Waals surface area contributed by atoms with Gasteiger partial charge < -0.3 is 9.09 Å². The number of alkyl halides is 2. The normalized spacial score (nSPS) is 17.1. The molecule has 1 saturated carbocycles. The van der Waals surface area contributed by atoms with E-state index in [9.17, 15) is 8.78 Å². The van der Waals surface area contributed by atoms with Gasteiger partial charge in [0.15, 0.2) is 0 Å². The van der Waals surface area contributed by atoms with Crippen LogP contribution in [0, 0.1) is 19.8 Å². The van der Waals surface area contributed by atoms with Crippen molar-refractivity contribution >= 4 is 26.7 Å². The Morgan fingerprint density at radius 1 is 1.12 bits per heavy atom. The second kappa shape index (κ2) is 7.57. The van der Waals surface area contributed by atoms with Crippen LogP contribution in [-0.2, 0) is 12.4 Å². The van der Waals surface area contributed by atoms with Gasteiger partial charge in [-0.25, -0.2) is 8.78 Å². The highest BCUT2D eigenvalue weighted by molar-refractivity contribution is 6.38. The Balaban J connectivity index is 1.68. The van der Waals surface area contributed by atoms with E-state index in [4.69, 9.17) is 9.51 Å². The predicted molar refractivity (Wildman–Crippen MR) is 129 cm³/mol. The molecule has 4 heterocycles. The van der Waals surface area contributed by atoms with Crippen molar-refractivity contribution < 1.29 is 13.3 Å². The number of halogens is 2. The molecule has 0 bridgehead atoms. The quantitative estimate of drug-likeness (QED) is 0.449. The summed E-state index contributed by atoms with van der Waals surface area (Å²) in [5.74, 6) is -1.67. The van der Waals surface area contributed by atoms with Crippen LogP contribution in [-0.4, -0.2) is 46.1 Å². The molecule has 6 nitrogen and oxygen atoms in total. The summed E-state index contributed by atoms with van der Waals surface area (Å²) >= 11 is 0. The summed E-state index contributed by atoms with van der Waals surface area (Å²) in [6.07, 6.45) is 8.65. The molecule has 10 heteroatoms. The van der Waals surface area contributed by atoms with Crippen LogP contribution < -0.4 is 0 Å². The smallest absolute Gasteiger partial charge is 0.248 e. The Morgan fingerprint density at radius 3 is 2.45 bits per heavy atom. The van der Waals surface area contributed by atoms with Crippen molar-refractivity contribution in [2.24, 2.45) is 13.0 Å². The summed E-state index contributed by atoms with van der Waals surface area (Å²) in [4.78, 5) is 4.86. The highest BCUT2D eigenvalue weighted by Crippen LogP contribution is 2.43. The number of hydrogen-bond donors (Lipinski definition) is 0. The molecule has 4 aromatic rings. The molecule has 0 saturated heterocycles. The molecule has 1 fully saturated rings. The zero-order valence-electron chi connectivity index (χ0n) is 19.7. The third kappa shape index (κ3) is 3.69. The average Bonchev–Trinajstić information content (AvgIpc) is 3.44. The molecular weight excluding hydrogens is 422 g/mol. The maximum Gasteiger partial charge on any atom is 0.248 e. The minimum absolute atomic E-state index is 0.0572. The molecule has 1 aliphatic carbocycles. The first kappa shape index (κ1) is 21.9. The molecule has 170 valence electrons. The lowest BCUT2D eigenvalue weighted by molar-refractivity contribution is -0.0498. The van der Waals surface area contributed by atoms with E-state index in [1.165, 1.54) is 0 Å². The summed E-state index contributed by atoms with van der Waals surface area (Å²) in [7, 11) is 6.18. The van der Waals surface area contributed by atoms with Gasteiger partial charge >= 0.3 is 0 Å². The fourth-order valence-corrected chi connectivity index (χ4v) is 5.33. The van der Waals surface area contributed by atoms with Crippen LogP contribution in [0.4, 0.5) is 8.78 Å². The van der Waals surface area contributed by atoms with Crippen LogP contribution in [0.2, 0.25) is 0 Å². The summed E-state index contributed by atoms with van der Waals surface area (Å²) in [5, 5.41) is 8.06. The Labute approximate surface area is 193 Å². The summed E-state index contributed by atoms with van der Waals surface area (Å²) in [6, 6.07) is 2.12. The fourth-order valence-electron chi connectivity index (χ4n) is 5.33. The zero-order chi connectivity index (χ0) is 23.5. The van der Waals surface area contributed by atoms with Crippen molar-refractivity contribution in [3.8, 4) is 22.3 Å². The van der Waals surface area contributed by atoms with Gasteiger partial charge in [0, 0.05) is 60.7 Å². The highest BCUT2D eigenvalue weighted by Gasteiger charge is 2.41. The molecule has 0 N–H and O–H groups in total. The van der Waals surface area contributed by atoms with Crippen LogP contribution in [0.5, 0.6) is 0 Å². The monoisotopic (exact) mass is 449 g/mol. The van der Waals surface area contributed by atoms with Crippen LogP contribution >= 0.6 is 0 Å². The molecule has 5 rings (SSSR count). The Kier molecular flexibility index (Phi) is 5.03. The maximum absolute atomic E-state index is 13.9. The molecule has 0 aliphatic heterocycles. The first-order valence-electron chi connectivity index (χ1n) is 11.4. The third-order valence-corrected chi connectivity index (χ3v) is 7.32. The molecule has 0 radical (unpaired) electrons. The molecule has 4 aromatic heterocycles. The van der Waals surface area contributed by atoms with Crippen LogP contribution in [0.25, 0.3) is 33.3 Å². The van der Waals surface area contributed by atoms with E-state index in [0.29, 0.717) is 12.8 Å². The first-order valence-corrected chi connectivity index (χ1v) is 11.4. The van der Waals surface area contributed by atoms with E-state index in [1.54, 1.807) is 4.68 Å². The fraction of sp³-hybridized carbons (Fsp3) is 0.435. The molecule has 0 unspecified atom stereocenters. The van der Waals surface area contributed by atoms with E-state index in [-0.39, 0.29) is 24.1 Å². The molecule has 0 atom stereocenters. The number of pyridine rings is 1. The van der Waals surface area contributed by atoms with E-state index < -0.39 is 5.92 Å². The van der Waals surface area contributed by atoms with Gasteiger partial charge in [-0.15, -0.1) is 0 Å². The molecule has 1 aliphatic rings. The lowest BCUT2D eigenvalue weighted by Gasteiger charge is -2.41. The minimum Gasteiger partial charge on any atom is -0.361 e. The molecular formula is C23H27B2F2N5O. The van der Waals surface area contributed by atoms with E-state index in [2.05, 4.69) is 42.8 Å². The van der Waals surface area contributed by atoms with Crippen molar-refractivity contribution in [2.45, 2.75) is 50.8 Å². The number of aromatic nitrogens is 5. The van der Waals surface area contributed by atoms with Gasteiger partial charge in [0.1, 0.15) is 21.5 Å². The standard InChI is InChI=1S/C23H27B2F2N5O/c1-13-20(14(2)33-30-13)15-8-19-21(28-9-15)18(16-10-29-31(3)11-16)12-32(19)23(24,25)17-4-6-22(26,27)7-5-17/h8-12,17H,4-7,24-25H2,1-3H3. The van der Waals surface area contributed by atoms with Crippen molar-refractivity contribution in [3.63, 3.8) is 0 Å². The van der Waals surface area contributed by atoms with Crippen molar-refractivity contribution in [3.05, 3.63) is 42.3 Å². The van der Waals surface area contributed by atoms with Gasteiger partial charge in [0.2, 0.25) is 5.92 Å². The summed E-state index contributed by atoms with van der Waals surface area (Å²) in [6.45, 7) is 3.81. The maximum atomic E-state index is 13.9. The molecule has 0 spiro atoms.